The molecule has 6 N–H and O–H groups in total. The zero-order valence-electron chi connectivity index (χ0n) is 2.51. The van der Waals surface area contributed by atoms with E-state index >= 15 is 0 Å². The third kappa shape index (κ3) is 51.8. The smallest absolute Gasteiger partial charge is 0 e. The van der Waals surface area contributed by atoms with Crippen LogP contribution in [0.1, 0.15) is 0 Å². The van der Waals surface area contributed by atoms with Gasteiger partial charge in [0.1, 0.15) is 0 Å². The Kier molecular flexibility index (Phi) is 2290. The Bertz CT molecular complexity index is 8.75. The largest absolute Gasteiger partial charge is 0.412 e. The summed E-state index contributed by atoms with van der Waals surface area (Å²) in [7, 11) is 0. The first-order valence-corrected chi connectivity index (χ1v) is 0. The molecule has 0 rings (SSSR count). The molecule has 0 aromatic rings. The molecule has 0 unspecified atom stereocenters. The van der Waals surface area contributed by atoms with Crippen molar-refractivity contribution < 1.29 is 67.6 Å². The molecule has 0 fully saturated rings. The molecule has 0 aliphatic heterocycles. The number of hydrogen-bond donors (Lipinski definition) is 0. The Morgan fingerprint density at radius 3 is 0.500 bits per heavy atom. The van der Waals surface area contributed by atoms with Gasteiger partial charge in [0.2, 0.25) is 0 Å². The SMILES string of the molecule is O.O.O.[Cu].[Fe].[Fe]. The second-order valence-electron chi connectivity index (χ2n) is 0. The van der Waals surface area contributed by atoms with E-state index in [0.717, 1.165) is 0 Å². The molecule has 51 valence electrons. The summed E-state index contributed by atoms with van der Waals surface area (Å²) in [6.45, 7) is 0. The van der Waals surface area contributed by atoms with Crippen molar-refractivity contribution in [2.45, 2.75) is 0 Å². The van der Waals surface area contributed by atoms with Crippen molar-refractivity contribution in [3.05, 3.63) is 0 Å². The van der Waals surface area contributed by atoms with Crippen LogP contribution >= 0.6 is 0 Å². The zero-order chi connectivity index (χ0) is 0. The van der Waals surface area contributed by atoms with Crippen LogP contribution in [0.15, 0.2) is 0 Å². The molecule has 0 atom stereocenters. The van der Waals surface area contributed by atoms with Crippen LogP contribution in [0, 0.1) is 0 Å². The van der Waals surface area contributed by atoms with Gasteiger partial charge in [-0.15, -0.1) is 0 Å². The summed E-state index contributed by atoms with van der Waals surface area (Å²) < 4.78 is 0. The molecule has 0 amide bonds. The topological polar surface area (TPSA) is 94.5 Å². The maximum absolute atomic E-state index is 0. The van der Waals surface area contributed by atoms with Crippen molar-refractivity contribution >= 4 is 0 Å². The summed E-state index contributed by atoms with van der Waals surface area (Å²) in [6, 6.07) is 0. The maximum Gasteiger partial charge on any atom is 0 e. The van der Waals surface area contributed by atoms with Gasteiger partial charge in [0.05, 0.1) is 0 Å². The molecular formula is H6CuFe2O3. The van der Waals surface area contributed by atoms with Gasteiger partial charge in [-0.05, 0) is 0 Å². The van der Waals surface area contributed by atoms with E-state index in [-0.39, 0.29) is 67.6 Å². The first-order chi connectivity index (χ1) is 0. The molecule has 0 heterocycles. The van der Waals surface area contributed by atoms with Crippen LogP contribution in [0.5, 0.6) is 0 Å². The van der Waals surface area contributed by atoms with Gasteiger partial charge >= 0.3 is 0 Å². The minimum absolute atomic E-state index is 0. The van der Waals surface area contributed by atoms with Crippen LogP contribution in [0.3, 0.4) is 0 Å². The number of hydrogen-bond acceptors (Lipinski definition) is 0. The summed E-state index contributed by atoms with van der Waals surface area (Å²) in [6.07, 6.45) is 0. The summed E-state index contributed by atoms with van der Waals surface area (Å²) >= 11 is 0. The van der Waals surface area contributed by atoms with Crippen LogP contribution in [-0.2, 0) is 51.2 Å². The van der Waals surface area contributed by atoms with Crippen molar-refractivity contribution in [3.8, 4) is 0 Å². The van der Waals surface area contributed by atoms with Crippen molar-refractivity contribution in [2.75, 3.05) is 0 Å². The van der Waals surface area contributed by atoms with Crippen LogP contribution in [-0.4, -0.2) is 16.4 Å². The number of rotatable bonds is 0. The van der Waals surface area contributed by atoms with E-state index in [1.807, 2.05) is 0 Å². The third-order valence-electron chi connectivity index (χ3n) is 0. The molecular weight excluding hydrogens is 223 g/mol. The standard InChI is InChI=1S/Cu.2Fe.3H2O/h;;;3*1H2. The monoisotopic (exact) mass is 229 g/mol. The van der Waals surface area contributed by atoms with Gasteiger partial charge in [0.15, 0.2) is 0 Å². The van der Waals surface area contributed by atoms with E-state index in [1.54, 1.807) is 0 Å². The predicted octanol–water partition coefficient (Wildman–Crippen LogP) is -2.48. The molecule has 0 aromatic carbocycles. The normalized spacial score (nSPS) is 0. The van der Waals surface area contributed by atoms with Gasteiger partial charge in [-0.3, -0.25) is 0 Å². The van der Waals surface area contributed by atoms with Crippen LogP contribution in [0.4, 0.5) is 0 Å². The molecule has 0 saturated carbocycles. The van der Waals surface area contributed by atoms with E-state index in [0.29, 0.717) is 0 Å². The fourth-order valence-corrected chi connectivity index (χ4v) is 0. The molecule has 0 saturated heterocycles. The van der Waals surface area contributed by atoms with E-state index < -0.39 is 0 Å². The summed E-state index contributed by atoms with van der Waals surface area (Å²) in [5.41, 5.74) is 0. The summed E-state index contributed by atoms with van der Waals surface area (Å²) in [5, 5.41) is 0. The Hall–Kier alpha value is 1.44. The molecule has 0 aliphatic rings. The average Bonchev–Trinajstić information content (AvgIpc) is 0. The Morgan fingerprint density at radius 2 is 0.500 bits per heavy atom. The molecule has 1 radical (unpaired) electrons. The van der Waals surface area contributed by atoms with Gasteiger partial charge in [0.25, 0.3) is 0 Å². The maximum atomic E-state index is 0. The fraction of sp³-hybridized carbons (Fsp3) is 0. The minimum Gasteiger partial charge on any atom is -0.412 e. The van der Waals surface area contributed by atoms with Crippen molar-refractivity contribution in [1.29, 1.82) is 0 Å². The van der Waals surface area contributed by atoms with Gasteiger partial charge in [-0.2, -0.15) is 0 Å². The van der Waals surface area contributed by atoms with Crippen LogP contribution in [0.25, 0.3) is 0 Å². The molecule has 0 aliphatic carbocycles. The second kappa shape index (κ2) is 92.0. The average molecular weight is 229 g/mol. The van der Waals surface area contributed by atoms with Gasteiger partial charge < -0.3 is 16.4 Å². The summed E-state index contributed by atoms with van der Waals surface area (Å²) in [4.78, 5) is 0. The molecule has 0 spiro atoms. The van der Waals surface area contributed by atoms with E-state index in [4.69, 9.17) is 0 Å². The third-order valence-corrected chi connectivity index (χ3v) is 0. The van der Waals surface area contributed by atoms with Gasteiger partial charge in [-0.1, -0.05) is 0 Å². The fourth-order valence-electron chi connectivity index (χ4n) is 0. The van der Waals surface area contributed by atoms with E-state index in [9.17, 15) is 0 Å². The van der Waals surface area contributed by atoms with Crippen LogP contribution in [0.2, 0.25) is 0 Å². The minimum atomic E-state index is 0. The molecule has 0 bridgehead atoms. The Balaban J connectivity index is 0. The molecule has 3 nitrogen and oxygen atoms in total. The van der Waals surface area contributed by atoms with E-state index in [1.165, 1.54) is 0 Å². The second-order valence-corrected chi connectivity index (χ2v) is 0. The molecule has 0 aromatic heterocycles. The van der Waals surface area contributed by atoms with Crippen molar-refractivity contribution in [1.82, 2.24) is 0 Å². The predicted molar refractivity (Wildman–Crippen MR) is 10.8 cm³/mol. The molecule has 6 heteroatoms. The Labute approximate surface area is 67.6 Å². The first kappa shape index (κ1) is 149. The van der Waals surface area contributed by atoms with Crippen molar-refractivity contribution in [2.24, 2.45) is 0 Å². The first-order valence-electron chi connectivity index (χ1n) is 0. The Morgan fingerprint density at radius 1 is 0.500 bits per heavy atom. The molecule has 6 heavy (non-hydrogen) atoms. The quantitative estimate of drug-likeness (QED) is 0.411. The van der Waals surface area contributed by atoms with E-state index in [2.05, 4.69) is 0 Å². The van der Waals surface area contributed by atoms with Gasteiger partial charge in [0, 0.05) is 51.2 Å². The van der Waals surface area contributed by atoms with Gasteiger partial charge in [-0.25, -0.2) is 0 Å². The van der Waals surface area contributed by atoms with Crippen molar-refractivity contribution in [3.63, 3.8) is 0 Å². The zero-order valence-corrected chi connectivity index (χ0v) is 5.66. The summed E-state index contributed by atoms with van der Waals surface area (Å²) in [5.74, 6) is 0. The van der Waals surface area contributed by atoms with Crippen LogP contribution < -0.4 is 0 Å².